The second kappa shape index (κ2) is 6.81. The first-order valence-electron chi connectivity index (χ1n) is 9.36. The average Bonchev–Trinajstić information content (AvgIpc) is 3.14. The molecule has 1 aliphatic carbocycles. The number of aromatic hydroxyl groups is 1. The zero-order valence-corrected chi connectivity index (χ0v) is 15.8. The van der Waals surface area contributed by atoms with Gasteiger partial charge in [-0.2, -0.15) is 0 Å². The number of likely N-dealkylation sites (tertiary alicyclic amines) is 1. The fourth-order valence-electron chi connectivity index (χ4n) is 4.06. The van der Waals surface area contributed by atoms with Crippen molar-refractivity contribution >= 4 is 11.5 Å². The molecule has 142 valence electrons. The molecule has 0 amide bonds. The third kappa shape index (κ3) is 3.12. The van der Waals surface area contributed by atoms with Gasteiger partial charge < -0.3 is 15.7 Å². The molecule has 3 N–H and O–H groups in total. The number of fused-ring (bicyclic) bond motifs is 3. The number of nitrogens with zero attached hydrogens (tertiary/aromatic N) is 4. The number of phenols is 1. The Kier molecular flexibility index (Phi) is 4.47. The minimum absolute atomic E-state index is 0.180. The molecule has 0 unspecified atom stereocenters. The number of hydrogen-bond acceptors (Lipinski definition) is 7. The second-order valence-corrected chi connectivity index (χ2v) is 7.66. The highest BCUT2D eigenvalue weighted by Crippen LogP contribution is 2.45. The number of aromatic nitrogens is 2. The van der Waals surface area contributed by atoms with Gasteiger partial charge in [-0.05, 0) is 58.0 Å². The van der Waals surface area contributed by atoms with Crippen molar-refractivity contribution < 1.29 is 9.94 Å². The predicted octanol–water partition coefficient (Wildman–Crippen LogP) is 2.54. The van der Waals surface area contributed by atoms with Crippen LogP contribution in [0, 0.1) is 0 Å². The quantitative estimate of drug-likeness (QED) is 0.637. The van der Waals surface area contributed by atoms with Gasteiger partial charge in [0.05, 0.1) is 11.4 Å². The zero-order chi connectivity index (χ0) is 19.0. The van der Waals surface area contributed by atoms with E-state index in [1.165, 1.54) is 19.2 Å². The highest BCUT2D eigenvalue weighted by atomic mass is 16.6. The van der Waals surface area contributed by atoms with Gasteiger partial charge >= 0.3 is 0 Å². The number of rotatable bonds is 4. The van der Waals surface area contributed by atoms with E-state index in [2.05, 4.69) is 20.0 Å². The summed E-state index contributed by atoms with van der Waals surface area (Å²) >= 11 is 0. The van der Waals surface area contributed by atoms with Crippen LogP contribution < -0.4 is 5.73 Å². The number of oxime groups is 1. The molecule has 1 aromatic heterocycles. The summed E-state index contributed by atoms with van der Waals surface area (Å²) in [6, 6.07) is 5.19. The Hall–Kier alpha value is -2.67. The molecule has 2 aliphatic rings. The van der Waals surface area contributed by atoms with Crippen molar-refractivity contribution in [1.29, 1.82) is 0 Å². The minimum atomic E-state index is -0.547. The summed E-state index contributed by atoms with van der Waals surface area (Å²) < 4.78 is 0. The van der Waals surface area contributed by atoms with Gasteiger partial charge in [-0.25, -0.2) is 9.97 Å². The second-order valence-electron chi connectivity index (χ2n) is 7.66. The normalized spacial score (nSPS) is 19.7. The van der Waals surface area contributed by atoms with Gasteiger partial charge in [0.2, 0.25) is 0 Å². The third-order valence-electron chi connectivity index (χ3n) is 5.46. The highest BCUT2D eigenvalue weighted by Gasteiger charge is 2.40. The van der Waals surface area contributed by atoms with Crippen LogP contribution in [-0.2, 0) is 10.3 Å². The fraction of sp³-hybridized carbons (Fsp3) is 0.450. The Morgan fingerprint density at radius 2 is 2.00 bits per heavy atom. The molecular weight excluding hydrogens is 342 g/mol. The number of benzene rings is 1. The molecule has 0 bridgehead atoms. The molecule has 1 saturated heterocycles. The third-order valence-corrected chi connectivity index (χ3v) is 5.46. The lowest BCUT2D eigenvalue weighted by Crippen LogP contribution is -2.36. The summed E-state index contributed by atoms with van der Waals surface area (Å²) in [5.41, 5.74) is 9.68. The number of phenolic OH excluding ortho intramolecular Hbond substituents is 1. The van der Waals surface area contributed by atoms with Crippen molar-refractivity contribution in [2.75, 3.05) is 32.0 Å². The van der Waals surface area contributed by atoms with Crippen LogP contribution in [0.3, 0.4) is 0 Å². The van der Waals surface area contributed by atoms with Crippen molar-refractivity contribution in [2.45, 2.75) is 32.1 Å². The summed E-state index contributed by atoms with van der Waals surface area (Å²) in [4.78, 5) is 16.7. The van der Waals surface area contributed by atoms with E-state index in [-0.39, 0.29) is 5.75 Å². The lowest BCUT2D eigenvalue weighted by atomic mass is 9.70. The minimum Gasteiger partial charge on any atom is -0.508 e. The smallest absolute Gasteiger partial charge is 0.131 e. The molecule has 0 spiro atoms. The van der Waals surface area contributed by atoms with E-state index in [9.17, 15) is 5.11 Å². The molecule has 1 aromatic carbocycles. The van der Waals surface area contributed by atoms with Crippen LogP contribution in [0.4, 0.5) is 5.82 Å². The summed E-state index contributed by atoms with van der Waals surface area (Å²) in [5, 5.41) is 14.5. The molecule has 4 rings (SSSR count). The van der Waals surface area contributed by atoms with Crippen molar-refractivity contribution in [3.63, 3.8) is 0 Å². The van der Waals surface area contributed by atoms with Crippen molar-refractivity contribution in [2.24, 2.45) is 5.16 Å². The van der Waals surface area contributed by atoms with Crippen LogP contribution in [0.15, 0.2) is 29.7 Å². The van der Waals surface area contributed by atoms with Gasteiger partial charge in [-0.1, -0.05) is 5.16 Å². The molecule has 7 nitrogen and oxygen atoms in total. The molecular formula is C20H25N5O2. The van der Waals surface area contributed by atoms with E-state index in [4.69, 9.17) is 10.6 Å². The predicted molar refractivity (Wildman–Crippen MR) is 105 cm³/mol. The zero-order valence-electron chi connectivity index (χ0n) is 15.8. The fourth-order valence-corrected chi connectivity index (χ4v) is 4.06. The van der Waals surface area contributed by atoms with Crippen LogP contribution in [0.1, 0.15) is 37.8 Å². The summed E-state index contributed by atoms with van der Waals surface area (Å²) in [6.07, 6.45) is 3.98. The first-order chi connectivity index (χ1) is 13.0. The van der Waals surface area contributed by atoms with Crippen molar-refractivity contribution in [3.05, 3.63) is 35.7 Å². The van der Waals surface area contributed by atoms with E-state index < -0.39 is 5.41 Å². The lowest BCUT2D eigenvalue weighted by molar-refractivity contribution is 0.117. The lowest BCUT2D eigenvalue weighted by Gasteiger charge is -2.34. The van der Waals surface area contributed by atoms with Crippen LogP contribution in [0.25, 0.3) is 11.3 Å². The average molecular weight is 367 g/mol. The van der Waals surface area contributed by atoms with E-state index in [0.717, 1.165) is 47.7 Å². The van der Waals surface area contributed by atoms with Crippen molar-refractivity contribution in [3.8, 4) is 17.0 Å². The molecule has 0 saturated carbocycles. The van der Waals surface area contributed by atoms with E-state index in [1.54, 1.807) is 12.1 Å². The van der Waals surface area contributed by atoms with E-state index >= 15 is 0 Å². The number of anilines is 1. The van der Waals surface area contributed by atoms with Crippen LogP contribution in [0.2, 0.25) is 0 Å². The maximum absolute atomic E-state index is 10.0. The molecule has 2 aromatic rings. The molecule has 7 heteroatoms. The molecule has 1 fully saturated rings. The Balaban J connectivity index is 1.71. The van der Waals surface area contributed by atoms with Crippen LogP contribution in [-0.4, -0.2) is 51.9 Å². The Bertz CT molecular complexity index is 888. The Morgan fingerprint density at radius 3 is 2.78 bits per heavy atom. The molecule has 1 aliphatic heterocycles. The van der Waals surface area contributed by atoms with E-state index in [1.807, 2.05) is 19.9 Å². The maximum atomic E-state index is 10.0. The standard InChI is InChI=1S/C20H25N5O2/c1-20(2)16-17(22-12-23-19(16)21)14-6-5-13(26)11-15(14)18(20)24-27-10-9-25-7-3-4-8-25/h5-6,11-12,26H,3-4,7-10H2,1-2H3,(H2,21,22,23)/b24-18+. The monoisotopic (exact) mass is 367 g/mol. The van der Waals surface area contributed by atoms with Crippen LogP contribution >= 0.6 is 0 Å². The summed E-state index contributed by atoms with van der Waals surface area (Å²) in [7, 11) is 0. The highest BCUT2D eigenvalue weighted by molar-refractivity contribution is 6.15. The van der Waals surface area contributed by atoms with Gasteiger partial charge in [0.25, 0.3) is 0 Å². The molecule has 27 heavy (non-hydrogen) atoms. The van der Waals surface area contributed by atoms with Gasteiger partial charge in [-0.15, -0.1) is 0 Å². The SMILES string of the molecule is CC1(C)/C(=N/OCCN2CCCC2)c2cc(O)ccc2-c2ncnc(N)c21. The summed E-state index contributed by atoms with van der Waals surface area (Å²) in [5.74, 6) is 0.619. The van der Waals surface area contributed by atoms with E-state index in [0.29, 0.717) is 12.4 Å². The van der Waals surface area contributed by atoms with Gasteiger partial charge in [0, 0.05) is 28.7 Å². The molecule has 2 heterocycles. The van der Waals surface area contributed by atoms with Gasteiger partial charge in [-0.3, -0.25) is 4.90 Å². The number of hydrogen-bond donors (Lipinski definition) is 2. The number of nitrogen functional groups attached to an aromatic ring is 1. The Morgan fingerprint density at radius 1 is 1.22 bits per heavy atom. The largest absolute Gasteiger partial charge is 0.508 e. The first-order valence-corrected chi connectivity index (χ1v) is 9.36. The maximum Gasteiger partial charge on any atom is 0.131 e. The van der Waals surface area contributed by atoms with Crippen LogP contribution in [0.5, 0.6) is 5.75 Å². The van der Waals surface area contributed by atoms with Gasteiger partial charge in [0.1, 0.15) is 24.5 Å². The summed E-state index contributed by atoms with van der Waals surface area (Å²) in [6.45, 7) is 7.71. The topological polar surface area (TPSA) is 96.9 Å². The molecule has 0 atom stereocenters. The Labute approximate surface area is 158 Å². The van der Waals surface area contributed by atoms with Crippen molar-refractivity contribution in [1.82, 2.24) is 14.9 Å². The number of nitrogens with two attached hydrogens (primary N) is 1. The first kappa shape index (κ1) is 17.7. The molecule has 0 radical (unpaired) electrons. The van der Waals surface area contributed by atoms with Gasteiger partial charge in [0.15, 0.2) is 0 Å².